The van der Waals surface area contributed by atoms with E-state index in [9.17, 15) is 14.3 Å². The Morgan fingerprint density at radius 2 is 1.60 bits per heavy atom. The van der Waals surface area contributed by atoms with Gasteiger partial charge in [-0.05, 0) is 36.4 Å². The summed E-state index contributed by atoms with van der Waals surface area (Å²) in [4.78, 5) is 14.4. The van der Waals surface area contributed by atoms with Gasteiger partial charge in [0.05, 0.1) is 23.6 Å². The first-order valence-corrected chi connectivity index (χ1v) is 8.79. The smallest absolute Gasteiger partial charge is 0.338 e. The maximum atomic E-state index is 13.9. The van der Waals surface area contributed by atoms with Crippen LogP contribution < -0.4 is 0 Å². The van der Waals surface area contributed by atoms with Gasteiger partial charge in [0.1, 0.15) is 0 Å². The Balaban J connectivity index is 2.15. The highest BCUT2D eigenvalue weighted by molar-refractivity contribution is 7.97. The molecule has 126 valence electrons. The fourth-order valence-electron chi connectivity index (χ4n) is 2.45. The van der Waals surface area contributed by atoms with E-state index < -0.39 is 22.7 Å². The van der Waals surface area contributed by atoms with Crippen molar-refractivity contribution >= 4 is 16.9 Å². The number of esters is 1. The van der Waals surface area contributed by atoms with Gasteiger partial charge in [-0.3, -0.25) is 0 Å². The fourth-order valence-corrected chi connectivity index (χ4v) is 4.58. The van der Waals surface area contributed by atoms with Gasteiger partial charge in [0.2, 0.25) is 0 Å². The van der Waals surface area contributed by atoms with Crippen molar-refractivity contribution in [1.29, 1.82) is 0 Å². The zero-order valence-electron chi connectivity index (χ0n) is 13.5. The second-order valence-electron chi connectivity index (χ2n) is 5.25. The SMILES string of the molecule is COC(=O)c1cccc([S+](c2ccccc2)c2ccc(O)c(F)c2)c1. The molecule has 1 N–H and O–H groups in total. The Kier molecular flexibility index (Phi) is 5.05. The number of phenols is 1. The van der Waals surface area contributed by atoms with Crippen LogP contribution in [0, 0.1) is 5.82 Å². The maximum Gasteiger partial charge on any atom is 0.338 e. The molecular formula is C20H16FO3S+. The molecule has 0 fully saturated rings. The van der Waals surface area contributed by atoms with Gasteiger partial charge < -0.3 is 9.84 Å². The van der Waals surface area contributed by atoms with E-state index in [-0.39, 0.29) is 5.75 Å². The van der Waals surface area contributed by atoms with Crippen LogP contribution in [-0.2, 0) is 15.6 Å². The number of carbonyl (C=O) groups excluding carboxylic acids is 1. The molecule has 5 heteroatoms. The summed E-state index contributed by atoms with van der Waals surface area (Å²) in [7, 11) is 0.714. The Hall–Kier alpha value is -2.79. The number of carbonyl (C=O) groups is 1. The van der Waals surface area contributed by atoms with E-state index in [0.29, 0.717) is 10.5 Å². The largest absolute Gasteiger partial charge is 0.505 e. The van der Waals surface area contributed by atoms with Crippen LogP contribution in [0.2, 0.25) is 0 Å². The lowest BCUT2D eigenvalue weighted by atomic mass is 10.2. The number of methoxy groups -OCH3 is 1. The topological polar surface area (TPSA) is 46.5 Å². The molecule has 0 aliphatic rings. The number of benzene rings is 3. The Bertz CT molecular complexity index is 896. The van der Waals surface area contributed by atoms with Gasteiger partial charge in [-0.15, -0.1) is 0 Å². The van der Waals surface area contributed by atoms with Gasteiger partial charge in [0.15, 0.2) is 26.3 Å². The molecule has 3 rings (SSSR count). The van der Waals surface area contributed by atoms with Crippen LogP contribution in [0.15, 0.2) is 87.5 Å². The van der Waals surface area contributed by atoms with Crippen molar-refractivity contribution in [2.75, 3.05) is 7.11 Å². The second-order valence-corrected chi connectivity index (χ2v) is 7.28. The first kappa shape index (κ1) is 17.0. The van der Waals surface area contributed by atoms with Crippen molar-refractivity contribution in [3.63, 3.8) is 0 Å². The number of ether oxygens (including phenoxy) is 1. The molecule has 0 bridgehead atoms. The highest BCUT2D eigenvalue weighted by Crippen LogP contribution is 2.33. The highest BCUT2D eigenvalue weighted by Gasteiger charge is 2.30. The summed E-state index contributed by atoms with van der Waals surface area (Å²) in [6.45, 7) is 0. The summed E-state index contributed by atoms with van der Waals surface area (Å²) < 4.78 is 18.7. The fraction of sp³-hybridized carbons (Fsp3) is 0.0500. The van der Waals surface area contributed by atoms with E-state index in [4.69, 9.17) is 4.74 Å². The third-order valence-corrected chi connectivity index (χ3v) is 5.82. The molecular weight excluding hydrogens is 339 g/mol. The molecule has 3 aromatic rings. The van der Waals surface area contributed by atoms with Crippen molar-refractivity contribution < 1.29 is 19.0 Å². The van der Waals surface area contributed by atoms with Crippen molar-refractivity contribution in [1.82, 2.24) is 0 Å². The Labute approximate surface area is 148 Å². The summed E-state index contributed by atoms with van der Waals surface area (Å²) in [5, 5.41) is 9.48. The molecule has 0 spiro atoms. The molecule has 0 aliphatic heterocycles. The lowest BCUT2D eigenvalue weighted by Gasteiger charge is -2.09. The first-order chi connectivity index (χ1) is 12.1. The standard InChI is InChI=1S/C20H15FO3S/c1-24-20(23)14-6-5-9-16(12-14)25(15-7-3-2-4-8-15)17-10-11-19(22)18(21)13-17/h2-13H,1H3/p+1. The number of rotatable bonds is 4. The van der Waals surface area contributed by atoms with Gasteiger partial charge >= 0.3 is 5.97 Å². The highest BCUT2D eigenvalue weighted by atomic mass is 32.2. The summed E-state index contributed by atoms with van der Waals surface area (Å²) in [6, 6.07) is 21.1. The molecule has 1 unspecified atom stereocenters. The summed E-state index contributed by atoms with van der Waals surface area (Å²) >= 11 is 0. The quantitative estimate of drug-likeness (QED) is 0.557. The number of halogens is 1. The minimum Gasteiger partial charge on any atom is -0.505 e. The molecule has 0 aromatic heterocycles. The lowest BCUT2D eigenvalue weighted by Crippen LogP contribution is -2.08. The molecule has 0 saturated heterocycles. The summed E-state index contributed by atoms with van der Waals surface area (Å²) in [5.74, 6) is -1.48. The monoisotopic (exact) mass is 355 g/mol. The van der Waals surface area contributed by atoms with Crippen LogP contribution in [-0.4, -0.2) is 18.2 Å². The molecule has 3 nitrogen and oxygen atoms in total. The molecule has 0 saturated carbocycles. The van der Waals surface area contributed by atoms with Crippen LogP contribution in [0.5, 0.6) is 5.75 Å². The van der Waals surface area contributed by atoms with Crippen LogP contribution in [0.1, 0.15) is 10.4 Å². The maximum absolute atomic E-state index is 13.9. The van der Waals surface area contributed by atoms with Gasteiger partial charge in [0, 0.05) is 12.1 Å². The van der Waals surface area contributed by atoms with Crippen molar-refractivity contribution in [3.8, 4) is 5.75 Å². The minimum absolute atomic E-state index is 0.385. The predicted molar refractivity (Wildman–Crippen MR) is 94.5 cm³/mol. The van der Waals surface area contributed by atoms with E-state index in [2.05, 4.69) is 0 Å². The van der Waals surface area contributed by atoms with Crippen molar-refractivity contribution in [2.24, 2.45) is 0 Å². The third-order valence-electron chi connectivity index (χ3n) is 3.62. The number of hydrogen-bond donors (Lipinski definition) is 1. The molecule has 0 heterocycles. The van der Waals surface area contributed by atoms with Crippen molar-refractivity contribution in [2.45, 2.75) is 14.7 Å². The van der Waals surface area contributed by atoms with Crippen molar-refractivity contribution in [3.05, 3.63) is 84.2 Å². The average Bonchev–Trinajstić information content (AvgIpc) is 2.65. The molecule has 0 aliphatic carbocycles. The van der Waals surface area contributed by atoms with E-state index in [1.54, 1.807) is 24.3 Å². The van der Waals surface area contributed by atoms with Gasteiger partial charge in [-0.25, -0.2) is 9.18 Å². The van der Waals surface area contributed by atoms with Gasteiger partial charge in [-0.1, -0.05) is 24.3 Å². The first-order valence-electron chi connectivity index (χ1n) is 7.56. The van der Waals surface area contributed by atoms with E-state index in [1.165, 1.54) is 19.2 Å². The number of hydrogen-bond acceptors (Lipinski definition) is 3. The number of phenolic OH excluding ortho intramolecular Hbond substituents is 1. The third kappa shape index (κ3) is 3.67. The molecule has 0 radical (unpaired) electrons. The Morgan fingerprint density at radius 1 is 0.920 bits per heavy atom. The molecule has 1 atom stereocenters. The minimum atomic E-state index is -0.671. The second kappa shape index (κ2) is 7.40. The lowest BCUT2D eigenvalue weighted by molar-refractivity contribution is 0.0600. The van der Waals surface area contributed by atoms with Crippen LogP contribution in [0.4, 0.5) is 4.39 Å². The van der Waals surface area contributed by atoms with Gasteiger partial charge in [-0.2, -0.15) is 0 Å². The van der Waals surface area contributed by atoms with E-state index in [1.807, 2.05) is 36.4 Å². The van der Waals surface area contributed by atoms with Crippen LogP contribution in [0.3, 0.4) is 0 Å². The zero-order chi connectivity index (χ0) is 17.8. The van der Waals surface area contributed by atoms with E-state index >= 15 is 0 Å². The predicted octanol–water partition coefficient (Wildman–Crippen LogP) is 4.41. The summed E-state index contributed by atoms with van der Waals surface area (Å²) in [6.07, 6.45) is 0. The van der Waals surface area contributed by atoms with Crippen LogP contribution in [0.25, 0.3) is 0 Å². The molecule has 3 aromatic carbocycles. The average molecular weight is 355 g/mol. The Morgan fingerprint density at radius 3 is 2.28 bits per heavy atom. The van der Waals surface area contributed by atoms with Gasteiger partial charge in [0.25, 0.3) is 0 Å². The van der Waals surface area contributed by atoms with E-state index in [0.717, 1.165) is 9.79 Å². The number of aromatic hydroxyl groups is 1. The summed E-state index contributed by atoms with van der Waals surface area (Å²) in [5.41, 5.74) is 0.438. The normalized spacial score (nSPS) is 11.8. The molecule has 25 heavy (non-hydrogen) atoms. The molecule has 0 amide bonds. The zero-order valence-corrected chi connectivity index (χ0v) is 14.3. The van der Waals surface area contributed by atoms with Crippen LogP contribution >= 0.6 is 0 Å².